The number of aryl methyl sites for hydroxylation is 1. The third-order valence-electron chi connectivity index (χ3n) is 2.28. The summed E-state index contributed by atoms with van der Waals surface area (Å²) < 4.78 is 5.59. The summed E-state index contributed by atoms with van der Waals surface area (Å²) >= 11 is 0. The van der Waals surface area contributed by atoms with Crippen LogP contribution in [-0.4, -0.2) is 15.7 Å². The minimum absolute atomic E-state index is 0. The maximum atomic E-state index is 5.59. The predicted octanol–water partition coefficient (Wildman–Crippen LogP) is 3.68. The van der Waals surface area contributed by atoms with E-state index in [4.69, 9.17) is 4.42 Å². The number of anilines is 1. The molecule has 0 fully saturated rings. The van der Waals surface area contributed by atoms with Gasteiger partial charge in [-0.3, -0.25) is 0 Å². The van der Waals surface area contributed by atoms with E-state index in [1.165, 1.54) is 0 Å². The van der Waals surface area contributed by atoms with Crippen molar-refractivity contribution in [3.63, 3.8) is 0 Å². The van der Waals surface area contributed by atoms with Gasteiger partial charge in [-0.2, -0.15) is 0 Å². The van der Waals surface area contributed by atoms with Gasteiger partial charge in [-0.1, -0.05) is 23.3 Å². The smallest absolute Gasteiger partial charge is 0.316 e. The molecule has 1 heterocycles. The van der Waals surface area contributed by atoms with Crippen molar-refractivity contribution in [2.45, 2.75) is 33.2 Å². The molecule has 0 spiro atoms. The van der Waals surface area contributed by atoms with Gasteiger partial charge in [-0.25, -0.2) is 0 Å². The zero-order chi connectivity index (χ0) is 12.5. The first-order valence-electron chi connectivity index (χ1n) is 5.63. The van der Waals surface area contributed by atoms with E-state index in [9.17, 15) is 0 Å². The Kier molecular flexibility index (Phi) is 4.35. The minimum Gasteiger partial charge on any atom is -0.403 e. The van der Waals surface area contributed by atoms with Crippen LogP contribution in [0.3, 0.4) is 0 Å². The second-order valence-electron chi connectivity index (χ2n) is 5.10. The fraction of sp³-hybridized carbons (Fsp3) is 0.385. The van der Waals surface area contributed by atoms with Gasteiger partial charge in [0, 0.05) is 11.1 Å². The highest BCUT2D eigenvalue weighted by molar-refractivity contribution is 5.85. The van der Waals surface area contributed by atoms with Gasteiger partial charge in [-0.15, -0.1) is 17.5 Å². The lowest BCUT2D eigenvalue weighted by atomic mass is 10.1. The maximum absolute atomic E-state index is 5.59. The Bertz CT molecular complexity index is 517. The third-order valence-corrected chi connectivity index (χ3v) is 2.28. The van der Waals surface area contributed by atoms with Gasteiger partial charge in [0.1, 0.15) is 0 Å². The van der Waals surface area contributed by atoms with Gasteiger partial charge in [-0.05, 0) is 39.3 Å². The Hall–Kier alpha value is -1.55. The summed E-state index contributed by atoms with van der Waals surface area (Å²) in [6.07, 6.45) is 0. The van der Waals surface area contributed by atoms with E-state index < -0.39 is 0 Å². The number of nitrogens with one attached hydrogen (secondary N) is 1. The van der Waals surface area contributed by atoms with E-state index in [1.54, 1.807) is 0 Å². The molecule has 18 heavy (non-hydrogen) atoms. The number of nitrogens with zero attached hydrogens (tertiary/aromatic N) is 2. The molecule has 1 N–H and O–H groups in total. The van der Waals surface area contributed by atoms with Crippen molar-refractivity contribution in [2.75, 3.05) is 5.32 Å². The van der Waals surface area contributed by atoms with Crippen LogP contribution in [0.5, 0.6) is 0 Å². The normalized spacial score (nSPS) is 10.9. The van der Waals surface area contributed by atoms with Crippen LogP contribution >= 0.6 is 12.4 Å². The lowest BCUT2D eigenvalue weighted by Gasteiger charge is -2.17. The molecule has 0 unspecified atom stereocenters. The molecule has 0 bridgehead atoms. The average Bonchev–Trinajstić information content (AvgIpc) is 2.64. The topological polar surface area (TPSA) is 51.0 Å². The van der Waals surface area contributed by atoms with Gasteiger partial charge in [0.25, 0.3) is 0 Å². The molecule has 2 rings (SSSR count). The van der Waals surface area contributed by atoms with Gasteiger partial charge < -0.3 is 9.73 Å². The molecule has 0 aliphatic rings. The molecule has 98 valence electrons. The van der Waals surface area contributed by atoms with E-state index in [-0.39, 0.29) is 17.9 Å². The van der Waals surface area contributed by atoms with E-state index in [1.807, 2.05) is 52.0 Å². The first kappa shape index (κ1) is 14.5. The van der Waals surface area contributed by atoms with Crippen LogP contribution in [-0.2, 0) is 0 Å². The Morgan fingerprint density at radius 2 is 1.78 bits per heavy atom. The molecular formula is C13H18ClN3O. The summed E-state index contributed by atoms with van der Waals surface area (Å²) in [7, 11) is 0. The van der Waals surface area contributed by atoms with Crippen LogP contribution < -0.4 is 5.32 Å². The molecule has 5 heteroatoms. The molecule has 2 aromatic rings. The predicted molar refractivity (Wildman–Crippen MR) is 75.1 cm³/mol. The number of hydrogen-bond donors (Lipinski definition) is 1. The molecule has 0 radical (unpaired) electrons. The van der Waals surface area contributed by atoms with Crippen LogP contribution in [0.1, 0.15) is 26.3 Å². The fourth-order valence-electron chi connectivity index (χ4n) is 1.52. The molecule has 0 amide bonds. The van der Waals surface area contributed by atoms with Crippen LogP contribution in [0.2, 0.25) is 0 Å². The largest absolute Gasteiger partial charge is 0.403 e. The first-order valence-corrected chi connectivity index (χ1v) is 5.63. The van der Waals surface area contributed by atoms with Crippen LogP contribution in [0.25, 0.3) is 11.5 Å². The third kappa shape index (κ3) is 3.47. The second kappa shape index (κ2) is 5.40. The highest BCUT2D eigenvalue weighted by Gasteiger charge is 2.15. The molecule has 0 aliphatic heterocycles. The molecule has 1 aromatic heterocycles. The highest BCUT2D eigenvalue weighted by Crippen LogP contribution is 2.24. The average molecular weight is 268 g/mol. The zero-order valence-corrected chi connectivity index (χ0v) is 11.8. The molecular weight excluding hydrogens is 250 g/mol. The maximum Gasteiger partial charge on any atom is 0.316 e. The van der Waals surface area contributed by atoms with Gasteiger partial charge in [0.05, 0.1) is 0 Å². The van der Waals surface area contributed by atoms with E-state index >= 15 is 0 Å². The summed E-state index contributed by atoms with van der Waals surface area (Å²) in [5.74, 6) is 0.551. The summed E-state index contributed by atoms with van der Waals surface area (Å²) in [6.45, 7) is 8.16. The fourth-order valence-corrected chi connectivity index (χ4v) is 1.52. The van der Waals surface area contributed by atoms with E-state index in [0.717, 1.165) is 11.1 Å². The minimum atomic E-state index is -0.0878. The lowest BCUT2D eigenvalue weighted by molar-refractivity contribution is 0.538. The van der Waals surface area contributed by atoms with Crippen LogP contribution in [0.15, 0.2) is 28.7 Å². The summed E-state index contributed by atoms with van der Waals surface area (Å²) in [5.41, 5.74) is 2.01. The van der Waals surface area contributed by atoms with Gasteiger partial charge >= 0.3 is 6.01 Å². The summed E-state index contributed by atoms with van der Waals surface area (Å²) in [4.78, 5) is 0. The van der Waals surface area contributed by atoms with Crippen molar-refractivity contribution in [3.8, 4) is 11.5 Å². The Morgan fingerprint density at radius 3 is 2.39 bits per heavy atom. The van der Waals surface area contributed by atoms with Crippen molar-refractivity contribution in [1.82, 2.24) is 10.2 Å². The Morgan fingerprint density at radius 1 is 1.11 bits per heavy atom. The monoisotopic (exact) mass is 267 g/mol. The highest BCUT2D eigenvalue weighted by atomic mass is 35.5. The molecule has 0 saturated carbocycles. The second-order valence-corrected chi connectivity index (χ2v) is 5.10. The SMILES string of the molecule is Cc1ccccc1-c1nnc(NC(C)(C)C)o1.Cl. The number of halogens is 1. The van der Waals surface area contributed by atoms with Gasteiger partial charge in [0.15, 0.2) is 0 Å². The van der Waals surface area contributed by atoms with Crippen molar-refractivity contribution < 1.29 is 4.42 Å². The van der Waals surface area contributed by atoms with Crippen molar-refractivity contribution in [2.24, 2.45) is 0 Å². The van der Waals surface area contributed by atoms with E-state index in [2.05, 4.69) is 15.5 Å². The number of aromatic nitrogens is 2. The van der Waals surface area contributed by atoms with Crippen molar-refractivity contribution >= 4 is 18.4 Å². The summed E-state index contributed by atoms with van der Waals surface area (Å²) in [5, 5.41) is 11.2. The van der Waals surface area contributed by atoms with Crippen LogP contribution in [0, 0.1) is 6.92 Å². The molecule has 0 atom stereocenters. The molecule has 0 saturated heterocycles. The number of rotatable bonds is 2. The van der Waals surface area contributed by atoms with Crippen molar-refractivity contribution in [3.05, 3.63) is 29.8 Å². The Labute approximate surface area is 113 Å². The lowest BCUT2D eigenvalue weighted by Crippen LogP contribution is -2.26. The number of hydrogen-bond acceptors (Lipinski definition) is 4. The zero-order valence-electron chi connectivity index (χ0n) is 11.0. The van der Waals surface area contributed by atoms with Crippen molar-refractivity contribution in [1.29, 1.82) is 0 Å². The standard InChI is InChI=1S/C13H17N3O.ClH/c1-9-7-5-6-8-10(9)11-15-16-12(17-11)14-13(2,3)4;/h5-8H,1-4H3,(H,14,16);1H. The quantitative estimate of drug-likeness (QED) is 0.902. The molecule has 0 aliphatic carbocycles. The molecule has 1 aromatic carbocycles. The summed E-state index contributed by atoms with van der Waals surface area (Å²) in [6, 6.07) is 8.41. The van der Waals surface area contributed by atoms with E-state index in [0.29, 0.717) is 11.9 Å². The molecule has 4 nitrogen and oxygen atoms in total. The van der Waals surface area contributed by atoms with Crippen LogP contribution in [0.4, 0.5) is 6.01 Å². The first-order chi connectivity index (χ1) is 7.96. The Balaban J connectivity index is 0.00000162. The van der Waals surface area contributed by atoms with Gasteiger partial charge in [0.2, 0.25) is 5.89 Å². The number of benzene rings is 1.